The molecule has 6 heteroatoms. The molecule has 0 bridgehead atoms. The number of nitrogen functional groups attached to an aromatic ring is 1. The molecule has 0 unspecified atom stereocenters. The Labute approximate surface area is 123 Å². The lowest BCUT2D eigenvalue weighted by molar-refractivity contribution is 0.426. The molecule has 2 N–H and O–H groups in total. The molecule has 0 saturated carbocycles. The van der Waals surface area contributed by atoms with Gasteiger partial charge in [-0.1, -0.05) is 25.1 Å². The first-order chi connectivity index (χ1) is 9.46. The summed E-state index contributed by atoms with van der Waals surface area (Å²) in [5.74, 6) is 0. The third kappa shape index (κ3) is 2.87. The molecule has 0 aliphatic carbocycles. The fourth-order valence-electron chi connectivity index (χ4n) is 2.10. The lowest BCUT2D eigenvalue weighted by Crippen LogP contribution is -2.31. The number of benzene rings is 1. The smallest absolute Gasteiger partial charge is 0.245 e. The van der Waals surface area contributed by atoms with E-state index in [4.69, 9.17) is 5.73 Å². The first-order valence-electron chi connectivity index (χ1n) is 6.34. The van der Waals surface area contributed by atoms with Gasteiger partial charge in [-0.2, -0.15) is 4.31 Å². The number of aryl methyl sites for hydroxylation is 1. The normalized spacial score (nSPS) is 11.9. The lowest BCUT2D eigenvalue weighted by Gasteiger charge is -2.22. The SMILES string of the molecule is CCN(Cc1cccs1)S(=O)(=O)c1c(C)cccc1N. The molecule has 0 radical (unpaired) electrons. The van der Waals surface area contributed by atoms with Gasteiger partial charge in [0.05, 0.1) is 5.69 Å². The molecule has 4 nitrogen and oxygen atoms in total. The molecular formula is C14H18N2O2S2. The minimum atomic E-state index is -3.57. The van der Waals surface area contributed by atoms with Crippen molar-refractivity contribution in [3.63, 3.8) is 0 Å². The number of hydrogen-bond acceptors (Lipinski definition) is 4. The second-order valence-corrected chi connectivity index (χ2v) is 7.41. The second kappa shape index (κ2) is 5.95. The predicted molar refractivity (Wildman–Crippen MR) is 83.2 cm³/mol. The first-order valence-corrected chi connectivity index (χ1v) is 8.66. The van der Waals surface area contributed by atoms with Gasteiger partial charge >= 0.3 is 0 Å². The molecule has 1 aromatic heterocycles. The average Bonchev–Trinajstić information content (AvgIpc) is 2.88. The van der Waals surface area contributed by atoms with Crippen LogP contribution in [-0.4, -0.2) is 19.3 Å². The Bertz CT molecular complexity index is 659. The summed E-state index contributed by atoms with van der Waals surface area (Å²) < 4.78 is 27.0. The minimum Gasteiger partial charge on any atom is -0.398 e. The monoisotopic (exact) mass is 310 g/mol. The zero-order valence-corrected chi connectivity index (χ0v) is 13.2. The number of thiophene rings is 1. The Morgan fingerprint density at radius 2 is 2.00 bits per heavy atom. The van der Waals surface area contributed by atoms with E-state index in [2.05, 4.69) is 0 Å². The molecule has 0 saturated heterocycles. The van der Waals surface area contributed by atoms with Gasteiger partial charge in [0.15, 0.2) is 0 Å². The molecule has 2 aromatic rings. The summed E-state index contributed by atoms with van der Waals surface area (Å²) in [6.45, 7) is 4.39. The highest BCUT2D eigenvalue weighted by Gasteiger charge is 2.27. The molecule has 0 spiro atoms. The van der Waals surface area contributed by atoms with E-state index in [0.29, 0.717) is 24.3 Å². The van der Waals surface area contributed by atoms with Crippen molar-refractivity contribution in [3.05, 3.63) is 46.2 Å². The van der Waals surface area contributed by atoms with Crippen LogP contribution in [0.25, 0.3) is 0 Å². The summed E-state index contributed by atoms with van der Waals surface area (Å²) in [6, 6.07) is 9.01. The summed E-state index contributed by atoms with van der Waals surface area (Å²) in [5.41, 5.74) is 6.85. The molecule has 2 rings (SSSR count). The van der Waals surface area contributed by atoms with Gasteiger partial charge in [-0.3, -0.25) is 0 Å². The lowest BCUT2D eigenvalue weighted by atomic mass is 10.2. The third-order valence-electron chi connectivity index (χ3n) is 3.11. The van der Waals surface area contributed by atoms with E-state index < -0.39 is 10.0 Å². The number of nitrogens with two attached hydrogens (primary N) is 1. The van der Waals surface area contributed by atoms with Crippen molar-refractivity contribution in [1.29, 1.82) is 0 Å². The first kappa shape index (κ1) is 15.0. The highest BCUT2D eigenvalue weighted by Crippen LogP contribution is 2.27. The Balaban J connectivity index is 2.42. The maximum Gasteiger partial charge on any atom is 0.245 e. The van der Waals surface area contributed by atoms with E-state index in [1.165, 1.54) is 4.31 Å². The van der Waals surface area contributed by atoms with E-state index in [9.17, 15) is 8.42 Å². The van der Waals surface area contributed by atoms with E-state index in [1.54, 1.807) is 36.5 Å². The van der Waals surface area contributed by atoms with Crippen molar-refractivity contribution < 1.29 is 8.42 Å². The molecular weight excluding hydrogens is 292 g/mol. The fourth-order valence-corrected chi connectivity index (χ4v) is 4.65. The average molecular weight is 310 g/mol. The summed E-state index contributed by atoms with van der Waals surface area (Å²) in [7, 11) is -3.57. The van der Waals surface area contributed by atoms with Crippen LogP contribution < -0.4 is 5.73 Å². The van der Waals surface area contributed by atoms with Crippen molar-refractivity contribution in [2.45, 2.75) is 25.3 Å². The van der Waals surface area contributed by atoms with Crippen LogP contribution in [0.3, 0.4) is 0 Å². The maximum absolute atomic E-state index is 12.8. The van der Waals surface area contributed by atoms with Gasteiger partial charge in [0.25, 0.3) is 0 Å². The van der Waals surface area contributed by atoms with E-state index in [0.717, 1.165) is 4.88 Å². The van der Waals surface area contributed by atoms with Gasteiger partial charge in [-0.15, -0.1) is 11.3 Å². The quantitative estimate of drug-likeness (QED) is 0.864. The van der Waals surface area contributed by atoms with Crippen LogP contribution in [-0.2, 0) is 16.6 Å². The number of rotatable bonds is 5. The zero-order valence-electron chi connectivity index (χ0n) is 11.5. The van der Waals surface area contributed by atoms with Crippen LogP contribution in [0, 0.1) is 6.92 Å². The Morgan fingerprint density at radius 1 is 1.25 bits per heavy atom. The van der Waals surface area contributed by atoms with Gasteiger partial charge in [0.1, 0.15) is 4.90 Å². The Hall–Kier alpha value is -1.37. The number of nitrogens with zero attached hydrogens (tertiary/aromatic N) is 1. The predicted octanol–water partition coefficient (Wildman–Crippen LogP) is 2.85. The van der Waals surface area contributed by atoms with Crippen molar-refractivity contribution in [2.24, 2.45) is 0 Å². The molecule has 1 heterocycles. The third-order valence-corrected chi connectivity index (χ3v) is 6.11. The number of sulfonamides is 1. The molecule has 1 aromatic carbocycles. The van der Waals surface area contributed by atoms with Crippen LogP contribution in [0.2, 0.25) is 0 Å². The Kier molecular flexibility index (Phi) is 4.47. The number of hydrogen-bond donors (Lipinski definition) is 1. The van der Waals surface area contributed by atoms with Crippen LogP contribution in [0.4, 0.5) is 5.69 Å². The number of anilines is 1. The van der Waals surface area contributed by atoms with Crippen LogP contribution in [0.1, 0.15) is 17.4 Å². The van der Waals surface area contributed by atoms with E-state index in [1.807, 2.05) is 24.4 Å². The summed E-state index contributed by atoms with van der Waals surface area (Å²) >= 11 is 1.55. The molecule has 108 valence electrons. The molecule has 0 atom stereocenters. The summed E-state index contributed by atoms with van der Waals surface area (Å²) in [6.07, 6.45) is 0. The van der Waals surface area contributed by atoms with Crippen LogP contribution in [0.5, 0.6) is 0 Å². The topological polar surface area (TPSA) is 63.4 Å². The molecule has 0 aliphatic heterocycles. The highest BCUT2D eigenvalue weighted by molar-refractivity contribution is 7.89. The summed E-state index contributed by atoms with van der Waals surface area (Å²) in [5, 5.41) is 1.94. The standard InChI is InChI=1S/C14H18N2O2S2/c1-3-16(10-12-7-5-9-19-12)20(17,18)14-11(2)6-4-8-13(14)15/h4-9H,3,10,15H2,1-2H3. The van der Waals surface area contributed by atoms with Crippen molar-refractivity contribution >= 4 is 27.0 Å². The van der Waals surface area contributed by atoms with Gasteiger partial charge in [-0.05, 0) is 30.0 Å². The molecule has 0 fully saturated rings. The van der Waals surface area contributed by atoms with Gasteiger partial charge in [0, 0.05) is 18.0 Å². The highest BCUT2D eigenvalue weighted by atomic mass is 32.2. The molecule has 20 heavy (non-hydrogen) atoms. The van der Waals surface area contributed by atoms with Crippen LogP contribution >= 0.6 is 11.3 Å². The minimum absolute atomic E-state index is 0.221. The summed E-state index contributed by atoms with van der Waals surface area (Å²) in [4.78, 5) is 1.24. The van der Waals surface area contributed by atoms with E-state index in [-0.39, 0.29) is 4.90 Å². The largest absolute Gasteiger partial charge is 0.398 e. The van der Waals surface area contributed by atoms with E-state index >= 15 is 0 Å². The Morgan fingerprint density at radius 3 is 2.55 bits per heavy atom. The van der Waals surface area contributed by atoms with Crippen molar-refractivity contribution in [2.75, 3.05) is 12.3 Å². The second-order valence-electron chi connectivity index (χ2n) is 4.50. The van der Waals surface area contributed by atoms with Gasteiger partial charge < -0.3 is 5.73 Å². The molecule has 0 aliphatic rings. The maximum atomic E-state index is 12.8. The molecule has 0 amide bonds. The zero-order chi connectivity index (χ0) is 14.8. The van der Waals surface area contributed by atoms with Crippen LogP contribution in [0.15, 0.2) is 40.6 Å². The van der Waals surface area contributed by atoms with Gasteiger partial charge in [-0.25, -0.2) is 8.42 Å². The fraction of sp³-hybridized carbons (Fsp3) is 0.286. The van der Waals surface area contributed by atoms with Crippen molar-refractivity contribution in [3.8, 4) is 0 Å². The van der Waals surface area contributed by atoms with Gasteiger partial charge in [0.2, 0.25) is 10.0 Å². The van der Waals surface area contributed by atoms with Crippen molar-refractivity contribution in [1.82, 2.24) is 4.31 Å².